The summed E-state index contributed by atoms with van der Waals surface area (Å²) in [5.74, 6) is 0.687. The van der Waals surface area contributed by atoms with Gasteiger partial charge in [-0.25, -0.2) is 0 Å². The van der Waals surface area contributed by atoms with E-state index in [2.05, 4.69) is 4.99 Å². The number of ether oxygens (including phenoxy) is 1. The molecule has 0 radical (unpaired) electrons. The molecule has 3 heteroatoms. The minimum atomic E-state index is 0.416. The predicted octanol–water partition coefficient (Wildman–Crippen LogP) is 1.57. The molecule has 0 atom stereocenters. The Morgan fingerprint density at radius 2 is 1.83 bits per heavy atom. The second-order valence-electron chi connectivity index (χ2n) is 2.61. The first-order valence-corrected chi connectivity index (χ1v) is 4.66. The van der Waals surface area contributed by atoms with E-state index in [0.717, 1.165) is 26.1 Å². The van der Waals surface area contributed by atoms with E-state index in [1.165, 1.54) is 0 Å². The van der Waals surface area contributed by atoms with Gasteiger partial charge >= 0.3 is 0 Å². The van der Waals surface area contributed by atoms with Gasteiger partial charge in [0, 0.05) is 13.2 Å². The van der Waals surface area contributed by atoms with E-state index in [0.29, 0.717) is 11.9 Å². The van der Waals surface area contributed by atoms with Crippen LogP contribution in [0.4, 0.5) is 0 Å². The van der Waals surface area contributed by atoms with E-state index in [1.54, 1.807) is 0 Å². The molecule has 0 unspecified atom stereocenters. The zero-order valence-corrected chi connectivity index (χ0v) is 8.34. The lowest BCUT2D eigenvalue weighted by Gasteiger charge is -2.18. The highest BCUT2D eigenvalue weighted by molar-refractivity contribution is 5.77. The molecule has 12 heavy (non-hydrogen) atoms. The Kier molecular flexibility index (Phi) is 6.76. The van der Waals surface area contributed by atoms with Gasteiger partial charge < -0.3 is 10.5 Å². The fraction of sp³-hybridized carbons (Fsp3) is 0.889. The Morgan fingerprint density at radius 1 is 1.33 bits per heavy atom. The first kappa shape index (κ1) is 11.4. The molecule has 1 heterocycles. The number of aliphatic imine (C=N–C) groups is 1. The summed E-state index contributed by atoms with van der Waals surface area (Å²) in [6.45, 7) is 7.50. The molecule has 0 aromatic rings. The normalized spacial score (nSPS) is 19.8. The molecule has 72 valence electrons. The van der Waals surface area contributed by atoms with Crippen LogP contribution in [-0.4, -0.2) is 25.1 Å². The summed E-state index contributed by atoms with van der Waals surface area (Å²) in [6, 6.07) is 0.416. The second-order valence-corrected chi connectivity index (χ2v) is 2.61. The number of nitrogens with two attached hydrogens (primary N) is 1. The zero-order chi connectivity index (χ0) is 9.40. The van der Waals surface area contributed by atoms with Gasteiger partial charge in [0.2, 0.25) is 0 Å². The molecule has 0 saturated carbocycles. The molecule has 1 rings (SSSR count). The van der Waals surface area contributed by atoms with E-state index in [1.807, 2.05) is 20.8 Å². The van der Waals surface area contributed by atoms with Crippen molar-refractivity contribution >= 4 is 5.84 Å². The van der Waals surface area contributed by atoms with Crippen LogP contribution in [0.25, 0.3) is 0 Å². The highest BCUT2D eigenvalue weighted by atomic mass is 16.5. The highest BCUT2D eigenvalue weighted by Crippen LogP contribution is 2.09. The number of hydrogen-bond donors (Lipinski definition) is 1. The standard InChI is InChI=1S/C7H14N2O.C2H6/c1-6(8)9-7-2-4-10-5-3-7;1-2/h7H,2-5H2,1H3,(H2,8,9);1-2H3. The third-order valence-electron chi connectivity index (χ3n) is 1.58. The largest absolute Gasteiger partial charge is 0.388 e. The molecular formula is C9H20N2O. The Bertz CT molecular complexity index is 124. The molecule has 0 aliphatic carbocycles. The summed E-state index contributed by atoms with van der Waals surface area (Å²) in [4.78, 5) is 4.25. The van der Waals surface area contributed by atoms with Gasteiger partial charge in [-0.15, -0.1) is 0 Å². The Labute approximate surface area is 75.0 Å². The van der Waals surface area contributed by atoms with Crippen LogP contribution >= 0.6 is 0 Å². The summed E-state index contributed by atoms with van der Waals surface area (Å²) < 4.78 is 5.17. The Morgan fingerprint density at radius 3 is 2.25 bits per heavy atom. The third kappa shape index (κ3) is 5.13. The van der Waals surface area contributed by atoms with Crippen molar-refractivity contribution in [3.63, 3.8) is 0 Å². The van der Waals surface area contributed by atoms with Gasteiger partial charge in [0.05, 0.1) is 11.9 Å². The molecule has 2 N–H and O–H groups in total. The zero-order valence-electron chi connectivity index (χ0n) is 8.34. The fourth-order valence-corrected chi connectivity index (χ4v) is 1.10. The van der Waals surface area contributed by atoms with Crippen molar-refractivity contribution in [1.29, 1.82) is 0 Å². The highest BCUT2D eigenvalue weighted by Gasteiger charge is 2.11. The van der Waals surface area contributed by atoms with Crippen LogP contribution in [0, 0.1) is 0 Å². The Balaban J connectivity index is 0.000000561. The van der Waals surface area contributed by atoms with Gasteiger partial charge in [0.1, 0.15) is 0 Å². The molecule has 1 aliphatic rings. The van der Waals surface area contributed by atoms with Gasteiger partial charge in [0.25, 0.3) is 0 Å². The lowest BCUT2D eigenvalue weighted by Crippen LogP contribution is -2.21. The van der Waals surface area contributed by atoms with Crippen molar-refractivity contribution in [2.75, 3.05) is 13.2 Å². The SMILES string of the molecule is CC.CC(N)=NC1CCOCC1. The fourth-order valence-electron chi connectivity index (χ4n) is 1.10. The molecule has 0 amide bonds. The van der Waals surface area contributed by atoms with Gasteiger partial charge in [-0.2, -0.15) is 0 Å². The van der Waals surface area contributed by atoms with Crippen LogP contribution in [0.15, 0.2) is 4.99 Å². The number of amidine groups is 1. The molecular weight excluding hydrogens is 152 g/mol. The smallest absolute Gasteiger partial charge is 0.0909 e. The summed E-state index contributed by atoms with van der Waals surface area (Å²) >= 11 is 0. The monoisotopic (exact) mass is 172 g/mol. The topological polar surface area (TPSA) is 47.6 Å². The summed E-state index contributed by atoms with van der Waals surface area (Å²) in [5, 5.41) is 0. The molecule has 1 fully saturated rings. The molecule has 3 nitrogen and oxygen atoms in total. The van der Waals surface area contributed by atoms with Gasteiger partial charge in [-0.05, 0) is 19.8 Å². The number of nitrogens with zero attached hydrogens (tertiary/aromatic N) is 1. The molecule has 0 spiro atoms. The van der Waals surface area contributed by atoms with Crippen molar-refractivity contribution in [3.05, 3.63) is 0 Å². The van der Waals surface area contributed by atoms with Gasteiger partial charge in [0.15, 0.2) is 0 Å². The van der Waals surface area contributed by atoms with Crippen molar-refractivity contribution < 1.29 is 4.74 Å². The molecule has 0 aromatic heterocycles. The summed E-state index contributed by atoms with van der Waals surface area (Å²) in [6.07, 6.45) is 2.04. The van der Waals surface area contributed by atoms with E-state index in [9.17, 15) is 0 Å². The van der Waals surface area contributed by atoms with E-state index >= 15 is 0 Å². The molecule has 1 saturated heterocycles. The summed E-state index contributed by atoms with van der Waals surface area (Å²) in [5.41, 5.74) is 5.43. The first-order chi connectivity index (χ1) is 5.79. The minimum Gasteiger partial charge on any atom is -0.388 e. The first-order valence-electron chi connectivity index (χ1n) is 4.66. The van der Waals surface area contributed by atoms with Crippen LogP contribution < -0.4 is 5.73 Å². The average Bonchev–Trinajstić information content (AvgIpc) is 2.08. The lowest BCUT2D eigenvalue weighted by atomic mass is 10.1. The van der Waals surface area contributed by atoms with Crippen LogP contribution in [0.1, 0.15) is 33.6 Å². The van der Waals surface area contributed by atoms with Crippen molar-refractivity contribution in [1.82, 2.24) is 0 Å². The lowest BCUT2D eigenvalue weighted by molar-refractivity contribution is 0.0871. The maximum absolute atomic E-state index is 5.43. The predicted molar refractivity (Wildman–Crippen MR) is 52.5 cm³/mol. The van der Waals surface area contributed by atoms with Crippen LogP contribution in [0.3, 0.4) is 0 Å². The molecule has 0 aromatic carbocycles. The van der Waals surface area contributed by atoms with Crippen LogP contribution in [0.5, 0.6) is 0 Å². The van der Waals surface area contributed by atoms with E-state index in [-0.39, 0.29) is 0 Å². The van der Waals surface area contributed by atoms with Crippen LogP contribution in [0.2, 0.25) is 0 Å². The maximum Gasteiger partial charge on any atom is 0.0909 e. The van der Waals surface area contributed by atoms with E-state index in [4.69, 9.17) is 10.5 Å². The average molecular weight is 172 g/mol. The van der Waals surface area contributed by atoms with Crippen molar-refractivity contribution in [2.45, 2.75) is 39.7 Å². The van der Waals surface area contributed by atoms with Crippen molar-refractivity contribution in [3.8, 4) is 0 Å². The van der Waals surface area contributed by atoms with Gasteiger partial charge in [-0.3, -0.25) is 4.99 Å². The van der Waals surface area contributed by atoms with Gasteiger partial charge in [-0.1, -0.05) is 13.8 Å². The number of rotatable bonds is 1. The second kappa shape index (κ2) is 7.10. The molecule has 0 bridgehead atoms. The number of hydrogen-bond acceptors (Lipinski definition) is 2. The van der Waals surface area contributed by atoms with Crippen molar-refractivity contribution in [2.24, 2.45) is 10.7 Å². The minimum absolute atomic E-state index is 0.416. The Hall–Kier alpha value is -0.570. The third-order valence-corrected chi connectivity index (χ3v) is 1.58. The quantitative estimate of drug-likeness (QED) is 0.482. The summed E-state index contributed by atoms with van der Waals surface area (Å²) in [7, 11) is 0. The van der Waals surface area contributed by atoms with E-state index < -0.39 is 0 Å². The maximum atomic E-state index is 5.43. The van der Waals surface area contributed by atoms with Crippen LogP contribution in [-0.2, 0) is 4.74 Å². The molecule has 1 aliphatic heterocycles.